The molecule has 0 saturated carbocycles. The topological polar surface area (TPSA) is 25.2 Å². The van der Waals surface area contributed by atoms with E-state index in [1.807, 2.05) is 25.3 Å². The minimum Gasteiger partial charge on any atom is -0.348 e. The van der Waals surface area contributed by atoms with Gasteiger partial charge in [0.25, 0.3) is 5.91 Å². The normalized spacial score (nSPS) is 17.9. The zero-order chi connectivity index (χ0) is 16.6. The number of aromatic nitrogens is 1. The van der Waals surface area contributed by atoms with Crippen LogP contribution in [0, 0.1) is 0 Å². The maximum atomic E-state index is 12.6. The van der Waals surface area contributed by atoms with Gasteiger partial charge in [0, 0.05) is 35.4 Å². The third kappa shape index (κ3) is 3.39. The highest BCUT2D eigenvalue weighted by atomic mass is 32.2. The first kappa shape index (κ1) is 16.0. The number of halogens is 3. The molecule has 3 nitrogen and oxygen atoms in total. The number of alkyl halides is 3. The fourth-order valence-corrected chi connectivity index (χ4v) is 3.36. The van der Waals surface area contributed by atoms with Crippen LogP contribution in [0.1, 0.15) is 29.0 Å². The Morgan fingerprint density at radius 1 is 1.17 bits per heavy atom. The molecule has 0 aliphatic carbocycles. The molecule has 0 unspecified atom stereocenters. The molecule has 122 valence electrons. The third-order valence-corrected chi connectivity index (χ3v) is 4.68. The van der Waals surface area contributed by atoms with Crippen molar-refractivity contribution in [2.45, 2.75) is 29.9 Å². The summed E-state index contributed by atoms with van der Waals surface area (Å²) in [4.78, 5) is 14.5. The maximum Gasteiger partial charge on any atom is 0.446 e. The number of fused-ring (bicyclic) bond motifs is 1. The average molecular weight is 340 g/mol. The van der Waals surface area contributed by atoms with E-state index in [0.717, 1.165) is 12.2 Å². The van der Waals surface area contributed by atoms with Crippen molar-refractivity contribution < 1.29 is 18.0 Å². The van der Waals surface area contributed by atoms with Crippen molar-refractivity contribution in [3.63, 3.8) is 0 Å². The predicted molar refractivity (Wildman–Crippen MR) is 82.2 cm³/mol. The molecular weight excluding hydrogens is 325 g/mol. The minimum atomic E-state index is -4.32. The summed E-state index contributed by atoms with van der Waals surface area (Å²) >= 11 is -0.179. The molecule has 1 aromatic heterocycles. The van der Waals surface area contributed by atoms with Gasteiger partial charge in [0.2, 0.25) is 0 Å². The molecule has 23 heavy (non-hydrogen) atoms. The van der Waals surface area contributed by atoms with E-state index in [1.54, 1.807) is 4.90 Å². The first-order valence-corrected chi connectivity index (χ1v) is 7.98. The molecule has 1 amide bonds. The van der Waals surface area contributed by atoms with Crippen molar-refractivity contribution >= 4 is 17.7 Å². The Kier molecular flexibility index (Phi) is 4.14. The lowest BCUT2D eigenvalue weighted by molar-refractivity contribution is -0.0328. The van der Waals surface area contributed by atoms with Crippen LogP contribution in [-0.4, -0.2) is 27.4 Å². The van der Waals surface area contributed by atoms with Crippen LogP contribution in [0.5, 0.6) is 0 Å². The van der Waals surface area contributed by atoms with E-state index < -0.39 is 5.51 Å². The molecule has 0 radical (unpaired) electrons. The van der Waals surface area contributed by atoms with Gasteiger partial charge in [0.1, 0.15) is 0 Å². The second kappa shape index (κ2) is 5.96. The van der Waals surface area contributed by atoms with Crippen LogP contribution in [-0.2, 0) is 6.54 Å². The average Bonchev–Trinajstić information content (AvgIpc) is 2.95. The summed E-state index contributed by atoms with van der Waals surface area (Å²) in [5.41, 5.74) is -2.85. The van der Waals surface area contributed by atoms with E-state index in [1.165, 1.54) is 24.3 Å². The highest BCUT2D eigenvalue weighted by molar-refractivity contribution is 8.00. The number of thioether (sulfide) groups is 1. The van der Waals surface area contributed by atoms with Gasteiger partial charge in [0.05, 0.1) is 6.04 Å². The first-order chi connectivity index (χ1) is 10.8. The van der Waals surface area contributed by atoms with Crippen molar-refractivity contribution in [3.8, 4) is 0 Å². The second-order valence-electron chi connectivity index (χ2n) is 5.37. The SMILES string of the molecule is C[C@@H]1c2cccn2CCN1C(=O)c1ccc(SC(F)(F)F)cc1. The lowest BCUT2D eigenvalue weighted by Gasteiger charge is -2.35. The molecule has 2 aromatic rings. The van der Waals surface area contributed by atoms with Gasteiger partial charge >= 0.3 is 5.51 Å². The zero-order valence-electron chi connectivity index (χ0n) is 12.4. The number of amides is 1. The molecule has 0 spiro atoms. The highest BCUT2D eigenvalue weighted by Crippen LogP contribution is 2.37. The smallest absolute Gasteiger partial charge is 0.348 e. The Morgan fingerprint density at radius 2 is 1.87 bits per heavy atom. The number of hydrogen-bond acceptors (Lipinski definition) is 2. The van der Waals surface area contributed by atoms with Gasteiger partial charge < -0.3 is 9.47 Å². The molecule has 1 aliphatic rings. The monoisotopic (exact) mass is 340 g/mol. The summed E-state index contributed by atoms with van der Waals surface area (Å²) in [6.07, 6.45) is 1.98. The summed E-state index contributed by atoms with van der Waals surface area (Å²) in [5.74, 6) is -0.159. The standard InChI is InChI=1S/C16H15F3N2OS/c1-11-14-3-2-8-20(14)9-10-21(11)15(22)12-4-6-13(7-5-12)23-16(17,18)19/h2-8,11H,9-10H2,1H3/t11-/m1/s1. The molecule has 0 N–H and O–H groups in total. The van der Waals surface area contributed by atoms with Gasteiger partial charge in [-0.25, -0.2) is 0 Å². The fraction of sp³-hybridized carbons (Fsp3) is 0.312. The largest absolute Gasteiger partial charge is 0.446 e. The Hall–Kier alpha value is -1.89. The molecular formula is C16H15F3N2OS. The van der Waals surface area contributed by atoms with E-state index in [9.17, 15) is 18.0 Å². The number of carbonyl (C=O) groups is 1. The molecule has 1 aromatic carbocycles. The van der Waals surface area contributed by atoms with Gasteiger partial charge in [-0.2, -0.15) is 13.2 Å². The van der Waals surface area contributed by atoms with E-state index >= 15 is 0 Å². The van der Waals surface area contributed by atoms with Crippen LogP contribution >= 0.6 is 11.8 Å². The van der Waals surface area contributed by atoms with Crippen molar-refractivity contribution in [1.82, 2.24) is 9.47 Å². The molecule has 3 rings (SSSR count). The van der Waals surface area contributed by atoms with Gasteiger partial charge in [-0.3, -0.25) is 4.79 Å². The van der Waals surface area contributed by atoms with Gasteiger partial charge in [0.15, 0.2) is 0 Å². The number of nitrogens with zero attached hydrogens (tertiary/aromatic N) is 2. The summed E-state index contributed by atoms with van der Waals surface area (Å²) in [5, 5.41) is 0. The Bertz CT molecular complexity index is 709. The summed E-state index contributed by atoms with van der Waals surface area (Å²) in [6.45, 7) is 3.26. The van der Waals surface area contributed by atoms with Crippen molar-refractivity contribution in [2.24, 2.45) is 0 Å². The molecule has 2 heterocycles. The van der Waals surface area contributed by atoms with Gasteiger partial charge in [-0.1, -0.05) is 0 Å². The molecule has 0 bridgehead atoms. The quantitative estimate of drug-likeness (QED) is 0.761. The maximum absolute atomic E-state index is 12.6. The first-order valence-electron chi connectivity index (χ1n) is 7.17. The van der Waals surface area contributed by atoms with Crippen LogP contribution < -0.4 is 0 Å². The second-order valence-corrected chi connectivity index (χ2v) is 6.51. The van der Waals surface area contributed by atoms with Crippen LogP contribution in [0.4, 0.5) is 13.2 Å². The van der Waals surface area contributed by atoms with Crippen molar-refractivity contribution in [3.05, 3.63) is 53.9 Å². The van der Waals surface area contributed by atoms with Crippen LogP contribution in [0.3, 0.4) is 0 Å². The van der Waals surface area contributed by atoms with E-state index in [2.05, 4.69) is 4.57 Å². The molecule has 0 fully saturated rings. The van der Waals surface area contributed by atoms with Crippen LogP contribution in [0.15, 0.2) is 47.5 Å². The lowest BCUT2D eigenvalue weighted by atomic mass is 10.1. The Balaban J connectivity index is 1.76. The number of benzene rings is 1. The van der Waals surface area contributed by atoms with Gasteiger partial charge in [-0.05, 0) is 55.1 Å². The summed E-state index contributed by atoms with van der Waals surface area (Å²) < 4.78 is 39.1. The minimum absolute atomic E-state index is 0.0597. The van der Waals surface area contributed by atoms with Crippen LogP contribution in [0.2, 0.25) is 0 Å². The van der Waals surface area contributed by atoms with Crippen molar-refractivity contribution in [2.75, 3.05) is 6.54 Å². The van der Waals surface area contributed by atoms with Crippen LogP contribution in [0.25, 0.3) is 0 Å². The third-order valence-electron chi connectivity index (χ3n) is 3.94. The Morgan fingerprint density at radius 3 is 2.52 bits per heavy atom. The number of rotatable bonds is 2. The summed E-state index contributed by atoms with van der Waals surface area (Å²) in [7, 11) is 0. The fourth-order valence-electron chi connectivity index (χ4n) is 2.82. The molecule has 0 saturated heterocycles. The lowest BCUT2D eigenvalue weighted by Crippen LogP contribution is -2.40. The van der Waals surface area contributed by atoms with Gasteiger partial charge in [-0.15, -0.1) is 0 Å². The van der Waals surface area contributed by atoms with Crippen molar-refractivity contribution in [1.29, 1.82) is 0 Å². The number of carbonyl (C=O) groups excluding carboxylic acids is 1. The molecule has 1 aliphatic heterocycles. The summed E-state index contributed by atoms with van der Waals surface area (Å²) in [6, 6.07) is 9.45. The predicted octanol–water partition coefficient (Wildman–Crippen LogP) is 4.32. The molecule has 1 atom stereocenters. The molecule has 7 heteroatoms. The number of hydrogen-bond donors (Lipinski definition) is 0. The van der Waals surface area contributed by atoms with E-state index in [4.69, 9.17) is 0 Å². The highest BCUT2D eigenvalue weighted by Gasteiger charge is 2.30. The Labute approximate surface area is 136 Å². The van der Waals surface area contributed by atoms with E-state index in [0.29, 0.717) is 12.1 Å². The van der Waals surface area contributed by atoms with E-state index in [-0.39, 0.29) is 28.6 Å². The zero-order valence-corrected chi connectivity index (χ0v) is 13.2.